The molecule has 0 saturated heterocycles. The summed E-state index contributed by atoms with van der Waals surface area (Å²) in [6, 6.07) is 5.49. The number of nitrogens with one attached hydrogen (secondary N) is 2. The van der Waals surface area contributed by atoms with Crippen molar-refractivity contribution < 1.29 is 4.79 Å². The van der Waals surface area contributed by atoms with Crippen LogP contribution in [-0.4, -0.2) is 6.03 Å². The van der Waals surface area contributed by atoms with E-state index in [1.54, 1.807) is 12.3 Å². The number of benzene rings is 1. The van der Waals surface area contributed by atoms with Crippen LogP contribution in [0.25, 0.3) is 0 Å². The first-order valence-corrected chi connectivity index (χ1v) is 5.37. The second kappa shape index (κ2) is 5.56. The highest BCUT2D eigenvalue weighted by Gasteiger charge is 2.03. The third-order valence-electron chi connectivity index (χ3n) is 1.75. The van der Waals surface area contributed by atoms with E-state index < -0.39 is 0 Å². The summed E-state index contributed by atoms with van der Waals surface area (Å²) in [5, 5.41) is 5.30. The summed E-state index contributed by atoms with van der Waals surface area (Å²) >= 11 is 3.38. The molecule has 15 heavy (non-hydrogen) atoms. The fourth-order valence-corrected chi connectivity index (χ4v) is 1.63. The van der Waals surface area contributed by atoms with Crippen LogP contribution < -0.4 is 10.6 Å². The van der Waals surface area contributed by atoms with Crippen LogP contribution in [0.2, 0.25) is 0 Å². The molecule has 0 aliphatic rings. The predicted molar refractivity (Wildman–Crippen MR) is 65.8 cm³/mol. The first-order chi connectivity index (χ1) is 7.13. The van der Waals surface area contributed by atoms with Crippen LogP contribution in [-0.2, 0) is 0 Å². The maximum Gasteiger partial charge on any atom is 0.323 e. The minimum atomic E-state index is -0.252. The molecule has 0 atom stereocenters. The molecule has 1 aromatic rings. The zero-order valence-electron chi connectivity index (χ0n) is 8.67. The average Bonchev–Trinajstić information content (AvgIpc) is 2.19. The fraction of sp³-hybridized carbons (Fsp3) is 0.182. The molecule has 0 radical (unpaired) electrons. The Kier molecular flexibility index (Phi) is 4.37. The van der Waals surface area contributed by atoms with Crippen molar-refractivity contribution in [2.24, 2.45) is 0 Å². The second-order valence-corrected chi connectivity index (χ2v) is 3.94. The number of halogens is 1. The molecule has 0 bridgehead atoms. The van der Waals surface area contributed by atoms with Crippen molar-refractivity contribution in [3.05, 3.63) is 40.5 Å². The quantitative estimate of drug-likeness (QED) is 0.848. The average molecular weight is 269 g/mol. The van der Waals surface area contributed by atoms with Gasteiger partial charge in [0.1, 0.15) is 0 Å². The lowest BCUT2D eigenvalue weighted by molar-refractivity contribution is 0.255. The summed E-state index contributed by atoms with van der Waals surface area (Å²) in [6.07, 6.45) is 3.33. The molecule has 4 heteroatoms. The molecule has 0 spiro atoms. The first-order valence-electron chi connectivity index (χ1n) is 4.58. The summed E-state index contributed by atoms with van der Waals surface area (Å²) in [7, 11) is 0. The minimum absolute atomic E-state index is 0.252. The Bertz CT molecular complexity index is 388. The van der Waals surface area contributed by atoms with Crippen molar-refractivity contribution >= 4 is 27.6 Å². The number of hydrogen-bond acceptors (Lipinski definition) is 1. The molecule has 2 N–H and O–H groups in total. The molecule has 0 aliphatic carbocycles. The molecule has 0 saturated carbocycles. The van der Waals surface area contributed by atoms with Crippen LogP contribution in [0.4, 0.5) is 10.5 Å². The molecule has 0 unspecified atom stereocenters. The van der Waals surface area contributed by atoms with Crippen LogP contribution >= 0.6 is 15.9 Å². The smallest absolute Gasteiger partial charge is 0.315 e. The van der Waals surface area contributed by atoms with Crippen LogP contribution in [0.15, 0.2) is 34.9 Å². The predicted octanol–water partition coefficient (Wildman–Crippen LogP) is 3.41. The van der Waals surface area contributed by atoms with Crippen molar-refractivity contribution in [3.8, 4) is 0 Å². The summed E-state index contributed by atoms with van der Waals surface area (Å²) in [5.41, 5.74) is 1.89. The molecule has 80 valence electrons. The molecule has 2 amide bonds. The molecular formula is C11H13BrN2O. The molecule has 1 rings (SSSR count). The number of aryl methyl sites for hydroxylation is 1. The van der Waals surface area contributed by atoms with E-state index in [9.17, 15) is 4.79 Å². The van der Waals surface area contributed by atoms with Gasteiger partial charge in [-0.1, -0.05) is 12.1 Å². The number of hydrogen-bond donors (Lipinski definition) is 2. The SMILES string of the molecule is C/C=C/NC(=O)Nc1ccc(C)cc1Br. The lowest BCUT2D eigenvalue weighted by Gasteiger charge is -2.07. The van der Waals surface area contributed by atoms with E-state index in [1.807, 2.05) is 32.0 Å². The summed E-state index contributed by atoms with van der Waals surface area (Å²) in [4.78, 5) is 11.3. The van der Waals surface area contributed by atoms with Crippen molar-refractivity contribution in [1.82, 2.24) is 5.32 Å². The summed E-state index contributed by atoms with van der Waals surface area (Å²) in [6.45, 7) is 3.83. The van der Waals surface area contributed by atoms with Gasteiger partial charge >= 0.3 is 6.03 Å². The van der Waals surface area contributed by atoms with E-state index in [4.69, 9.17) is 0 Å². The van der Waals surface area contributed by atoms with Crippen LogP contribution in [0.1, 0.15) is 12.5 Å². The lowest BCUT2D eigenvalue weighted by atomic mass is 10.2. The lowest BCUT2D eigenvalue weighted by Crippen LogP contribution is -2.23. The number of anilines is 1. The normalized spacial score (nSPS) is 10.3. The molecule has 1 aromatic carbocycles. The van der Waals surface area contributed by atoms with E-state index in [0.717, 1.165) is 15.7 Å². The van der Waals surface area contributed by atoms with Gasteiger partial charge in [0.15, 0.2) is 0 Å². The Hall–Kier alpha value is -1.29. The number of carbonyl (C=O) groups excluding carboxylic acids is 1. The molecule has 0 fully saturated rings. The standard InChI is InChI=1S/C11H13BrN2O/c1-3-6-13-11(15)14-10-5-4-8(2)7-9(10)12/h3-7H,1-2H3,(H2,13,14,15)/b6-3+. The molecule has 0 aliphatic heterocycles. The second-order valence-electron chi connectivity index (χ2n) is 3.08. The number of amides is 2. The Morgan fingerprint density at radius 1 is 1.47 bits per heavy atom. The van der Waals surface area contributed by atoms with Gasteiger partial charge in [0.2, 0.25) is 0 Å². The number of rotatable bonds is 2. The Morgan fingerprint density at radius 3 is 2.80 bits per heavy atom. The van der Waals surface area contributed by atoms with Gasteiger partial charge < -0.3 is 10.6 Å². The molecule has 0 aromatic heterocycles. The number of carbonyl (C=O) groups is 1. The van der Waals surface area contributed by atoms with Crippen LogP contribution in [0, 0.1) is 6.92 Å². The number of urea groups is 1. The maximum atomic E-state index is 11.3. The zero-order chi connectivity index (χ0) is 11.3. The van der Waals surface area contributed by atoms with E-state index in [-0.39, 0.29) is 6.03 Å². The van der Waals surface area contributed by atoms with Crippen molar-refractivity contribution in [1.29, 1.82) is 0 Å². The van der Waals surface area contributed by atoms with Crippen LogP contribution in [0.3, 0.4) is 0 Å². The third kappa shape index (κ3) is 3.75. The van der Waals surface area contributed by atoms with Gasteiger partial charge in [-0.3, -0.25) is 0 Å². The minimum Gasteiger partial charge on any atom is -0.315 e. The van der Waals surface area contributed by atoms with E-state index in [0.29, 0.717) is 0 Å². The van der Waals surface area contributed by atoms with E-state index >= 15 is 0 Å². The summed E-state index contributed by atoms with van der Waals surface area (Å²) < 4.78 is 0.873. The van der Waals surface area contributed by atoms with Gasteiger partial charge in [0.05, 0.1) is 5.69 Å². The fourth-order valence-electron chi connectivity index (χ4n) is 1.04. The molecular weight excluding hydrogens is 256 g/mol. The maximum absolute atomic E-state index is 11.3. The van der Waals surface area contributed by atoms with Crippen molar-refractivity contribution in [2.75, 3.05) is 5.32 Å². The molecule has 3 nitrogen and oxygen atoms in total. The van der Waals surface area contributed by atoms with Gasteiger partial charge in [-0.25, -0.2) is 4.79 Å². The summed E-state index contributed by atoms with van der Waals surface area (Å²) in [5.74, 6) is 0. The van der Waals surface area contributed by atoms with E-state index in [2.05, 4.69) is 26.6 Å². The third-order valence-corrected chi connectivity index (χ3v) is 2.41. The highest BCUT2D eigenvalue weighted by Crippen LogP contribution is 2.22. The van der Waals surface area contributed by atoms with Gasteiger partial charge in [0.25, 0.3) is 0 Å². The highest BCUT2D eigenvalue weighted by atomic mass is 79.9. The van der Waals surface area contributed by atoms with Gasteiger partial charge in [-0.05, 0) is 47.5 Å². The van der Waals surface area contributed by atoms with Crippen molar-refractivity contribution in [3.63, 3.8) is 0 Å². The van der Waals surface area contributed by atoms with Gasteiger partial charge in [-0.15, -0.1) is 0 Å². The first kappa shape index (κ1) is 11.8. The Balaban J connectivity index is 2.68. The highest BCUT2D eigenvalue weighted by molar-refractivity contribution is 9.10. The largest absolute Gasteiger partial charge is 0.323 e. The number of allylic oxidation sites excluding steroid dienone is 1. The van der Waals surface area contributed by atoms with Crippen molar-refractivity contribution in [2.45, 2.75) is 13.8 Å². The topological polar surface area (TPSA) is 41.1 Å². The monoisotopic (exact) mass is 268 g/mol. The zero-order valence-corrected chi connectivity index (χ0v) is 10.3. The molecule has 0 heterocycles. The Morgan fingerprint density at radius 2 is 2.20 bits per heavy atom. The van der Waals surface area contributed by atoms with E-state index in [1.165, 1.54) is 0 Å². The van der Waals surface area contributed by atoms with Gasteiger partial charge in [0, 0.05) is 10.7 Å². The van der Waals surface area contributed by atoms with Gasteiger partial charge in [-0.2, -0.15) is 0 Å². The van der Waals surface area contributed by atoms with Crippen LogP contribution in [0.5, 0.6) is 0 Å². The Labute approximate surface area is 97.7 Å².